The van der Waals surface area contributed by atoms with Crippen molar-refractivity contribution in [3.8, 4) is 22.5 Å². The number of fused-ring (bicyclic) bond motifs is 1. The number of rotatable bonds is 2. The van der Waals surface area contributed by atoms with Gasteiger partial charge in [0.2, 0.25) is 0 Å². The quantitative estimate of drug-likeness (QED) is 0.425. The van der Waals surface area contributed by atoms with Crippen LogP contribution >= 0.6 is 23.2 Å². The number of hydrogen-bond acceptors (Lipinski definition) is 2. The fourth-order valence-electron chi connectivity index (χ4n) is 2.64. The smallest absolute Gasteiger partial charge is 0.0973 e. The van der Waals surface area contributed by atoms with E-state index in [0.717, 1.165) is 33.5 Å². The average Bonchev–Trinajstić information content (AvgIpc) is 2.63. The number of hydrogen-bond donors (Lipinski definition) is 0. The molecule has 4 aromatic rings. The maximum atomic E-state index is 6.20. The monoisotopic (exact) mass is 350 g/mol. The molecule has 0 spiro atoms. The van der Waals surface area contributed by atoms with Gasteiger partial charge in [0.05, 0.1) is 32.5 Å². The second-order valence-electron chi connectivity index (χ2n) is 5.40. The van der Waals surface area contributed by atoms with Crippen molar-refractivity contribution in [1.82, 2.24) is 9.97 Å². The van der Waals surface area contributed by atoms with Crippen molar-refractivity contribution in [2.24, 2.45) is 0 Å². The standard InChI is InChI=1S/C20H12Cl2N2/c21-15-11-10-14(12-16(15)22)20-19(13-6-2-1-3-7-13)23-17-8-4-5-9-18(17)24-20/h1-12H. The largest absolute Gasteiger partial charge is 0.244 e. The lowest BCUT2D eigenvalue weighted by Gasteiger charge is -2.11. The molecule has 0 fully saturated rings. The first kappa shape index (κ1) is 15.1. The molecule has 4 heteroatoms. The van der Waals surface area contributed by atoms with Crippen LogP contribution in [0.3, 0.4) is 0 Å². The third-order valence-electron chi connectivity index (χ3n) is 3.81. The molecule has 0 bridgehead atoms. The molecule has 0 atom stereocenters. The van der Waals surface area contributed by atoms with E-state index in [9.17, 15) is 0 Å². The first-order chi connectivity index (χ1) is 11.7. The van der Waals surface area contributed by atoms with Crippen LogP contribution in [-0.2, 0) is 0 Å². The SMILES string of the molecule is Clc1ccc(-c2nc3ccccc3nc2-c2ccccc2)cc1Cl. The fourth-order valence-corrected chi connectivity index (χ4v) is 2.94. The maximum absolute atomic E-state index is 6.20. The lowest BCUT2D eigenvalue weighted by Crippen LogP contribution is -1.95. The van der Waals surface area contributed by atoms with E-state index in [-0.39, 0.29) is 0 Å². The van der Waals surface area contributed by atoms with Crippen LogP contribution in [0.1, 0.15) is 0 Å². The molecule has 0 saturated carbocycles. The summed E-state index contributed by atoms with van der Waals surface area (Å²) < 4.78 is 0. The van der Waals surface area contributed by atoms with Crippen molar-refractivity contribution in [3.05, 3.63) is 82.8 Å². The van der Waals surface area contributed by atoms with Crippen molar-refractivity contribution in [2.75, 3.05) is 0 Å². The minimum Gasteiger partial charge on any atom is -0.244 e. The van der Waals surface area contributed by atoms with Gasteiger partial charge in [-0.1, -0.05) is 71.7 Å². The van der Waals surface area contributed by atoms with Crippen LogP contribution in [0.2, 0.25) is 10.0 Å². The Labute approximate surface area is 149 Å². The minimum absolute atomic E-state index is 0.503. The number of halogens is 2. The first-order valence-electron chi connectivity index (χ1n) is 7.50. The predicted octanol–water partition coefficient (Wildman–Crippen LogP) is 6.27. The third-order valence-corrected chi connectivity index (χ3v) is 4.55. The highest BCUT2D eigenvalue weighted by Crippen LogP contribution is 2.34. The summed E-state index contributed by atoms with van der Waals surface area (Å²) in [6.45, 7) is 0. The number of nitrogens with zero attached hydrogens (tertiary/aromatic N) is 2. The number of para-hydroxylation sites is 2. The maximum Gasteiger partial charge on any atom is 0.0973 e. The lowest BCUT2D eigenvalue weighted by atomic mass is 10.0. The molecule has 0 N–H and O–H groups in total. The van der Waals surface area contributed by atoms with Crippen molar-refractivity contribution < 1.29 is 0 Å². The van der Waals surface area contributed by atoms with Gasteiger partial charge in [0.1, 0.15) is 0 Å². The van der Waals surface area contributed by atoms with Crippen LogP contribution < -0.4 is 0 Å². The highest BCUT2D eigenvalue weighted by atomic mass is 35.5. The van der Waals surface area contributed by atoms with E-state index in [1.807, 2.05) is 66.7 Å². The van der Waals surface area contributed by atoms with Gasteiger partial charge < -0.3 is 0 Å². The van der Waals surface area contributed by atoms with Crippen LogP contribution in [-0.4, -0.2) is 9.97 Å². The molecule has 0 saturated heterocycles. The van der Waals surface area contributed by atoms with Crippen LogP contribution in [0.25, 0.3) is 33.5 Å². The highest BCUT2D eigenvalue weighted by Gasteiger charge is 2.14. The number of aromatic nitrogens is 2. The van der Waals surface area contributed by atoms with Gasteiger partial charge in [-0.15, -0.1) is 0 Å². The molecular weight excluding hydrogens is 339 g/mol. The molecule has 1 aromatic heterocycles. The zero-order valence-electron chi connectivity index (χ0n) is 12.6. The molecule has 0 amide bonds. The Morgan fingerprint density at radius 3 is 1.75 bits per heavy atom. The molecule has 2 nitrogen and oxygen atoms in total. The zero-order valence-corrected chi connectivity index (χ0v) is 14.1. The predicted molar refractivity (Wildman–Crippen MR) is 100 cm³/mol. The molecule has 116 valence electrons. The first-order valence-corrected chi connectivity index (χ1v) is 8.25. The van der Waals surface area contributed by atoms with E-state index in [2.05, 4.69) is 0 Å². The molecule has 4 rings (SSSR count). The summed E-state index contributed by atoms with van der Waals surface area (Å²) in [4.78, 5) is 9.66. The Kier molecular flexibility index (Phi) is 3.93. The van der Waals surface area contributed by atoms with Gasteiger partial charge in [-0.2, -0.15) is 0 Å². The van der Waals surface area contributed by atoms with E-state index in [4.69, 9.17) is 33.2 Å². The molecule has 0 aliphatic heterocycles. The second-order valence-corrected chi connectivity index (χ2v) is 6.22. The molecule has 0 radical (unpaired) electrons. The molecular formula is C20H12Cl2N2. The zero-order chi connectivity index (χ0) is 16.5. The highest BCUT2D eigenvalue weighted by molar-refractivity contribution is 6.42. The molecule has 1 heterocycles. The van der Waals surface area contributed by atoms with Crippen molar-refractivity contribution in [3.63, 3.8) is 0 Å². The Morgan fingerprint density at radius 1 is 0.542 bits per heavy atom. The third kappa shape index (κ3) is 2.75. The van der Waals surface area contributed by atoms with Crippen molar-refractivity contribution >= 4 is 34.2 Å². The van der Waals surface area contributed by atoms with Gasteiger partial charge in [0.15, 0.2) is 0 Å². The summed E-state index contributed by atoms with van der Waals surface area (Å²) in [5.41, 5.74) is 5.22. The van der Waals surface area contributed by atoms with Crippen molar-refractivity contribution in [2.45, 2.75) is 0 Å². The normalized spacial score (nSPS) is 10.9. The Hall–Kier alpha value is -2.42. The van der Waals surface area contributed by atoms with Gasteiger partial charge in [0.25, 0.3) is 0 Å². The van der Waals surface area contributed by atoms with Gasteiger partial charge in [-0.3, -0.25) is 0 Å². The van der Waals surface area contributed by atoms with E-state index in [0.29, 0.717) is 10.0 Å². The average molecular weight is 351 g/mol. The molecule has 3 aromatic carbocycles. The van der Waals surface area contributed by atoms with Crippen LogP contribution in [0.5, 0.6) is 0 Å². The van der Waals surface area contributed by atoms with Crippen LogP contribution in [0.15, 0.2) is 72.8 Å². The Morgan fingerprint density at radius 2 is 1.12 bits per heavy atom. The molecule has 0 aliphatic rings. The summed E-state index contributed by atoms with van der Waals surface area (Å²) in [6, 6.07) is 23.4. The van der Waals surface area contributed by atoms with Gasteiger partial charge >= 0.3 is 0 Å². The summed E-state index contributed by atoms with van der Waals surface area (Å²) in [5, 5.41) is 1.03. The Balaban J connectivity index is 2.03. The minimum atomic E-state index is 0.503. The van der Waals surface area contributed by atoms with Gasteiger partial charge in [-0.05, 0) is 24.3 Å². The van der Waals surface area contributed by atoms with Gasteiger partial charge in [-0.25, -0.2) is 9.97 Å². The van der Waals surface area contributed by atoms with Crippen LogP contribution in [0.4, 0.5) is 0 Å². The molecule has 0 aliphatic carbocycles. The van der Waals surface area contributed by atoms with Crippen molar-refractivity contribution in [1.29, 1.82) is 0 Å². The second kappa shape index (κ2) is 6.23. The Bertz CT molecular complexity index is 1030. The molecule has 0 unspecified atom stereocenters. The van der Waals surface area contributed by atoms with E-state index in [1.165, 1.54) is 0 Å². The topological polar surface area (TPSA) is 25.8 Å². The lowest BCUT2D eigenvalue weighted by molar-refractivity contribution is 1.29. The summed E-state index contributed by atoms with van der Waals surface area (Å²) in [7, 11) is 0. The van der Waals surface area contributed by atoms with E-state index < -0.39 is 0 Å². The molecule has 24 heavy (non-hydrogen) atoms. The van der Waals surface area contributed by atoms with E-state index in [1.54, 1.807) is 6.07 Å². The van der Waals surface area contributed by atoms with Crippen LogP contribution in [0, 0.1) is 0 Å². The summed E-state index contributed by atoms with van der Waals surface area (Å²) in [5.74, 6) is 0. The van der Waals surface area contributed by atoms with Gasteiger partial charge in [0, 0.05) is 11.1 Å². The summed E-state index contributed by atoms with van der Waals surface area (Å²) >= 11 is 12.3. The summed E-state index contributed by atoms with van der Waals surface area (Å²) in [6.07, 6.45) is 0. The van der Waals surface area contributed by atoms with E-state index >= 15 is 0 Å². The fraction of sp³-hybridized carbons (Fsp3) is 0. The number of benzene rings is 3.